The number of fused-ring (bicyclic) bond motifs is 1. The van der Waals surface area contributed by atoms with Gasteiger partial charge in [0.2, 0.25) is 0 Å². The number of nitrogens with one attached hydrogen (secondary N) is 2. The molecule has 134 valence electrons. The largest absolute Gasteiger partial charge is 0.495 e. The molecule has 2 aromatic rings. The van der Waals surface area contributed by atoms with Crippen LogP contribution in [0.4, 0.5) is 10.5 Å². The van der Waals surface area contributed by atoms with E-state index in [0.29, 0.717) is 23.5 Å². The number of likely N-dealkylation sites (N-methyl/N-ethyl adjacent to an activating group) is 1. The molecule has 0 unspecified atom stereocenters. The fourth-order valence-corrected chi connectivity index (χ4v) is 3.21. The third-order valence-corrected chi connectivity index (χ3v) is 4.69. The SMILES string of the molecule is COc1ccc(NC(=O)NC[C@H]2Cc3ccccc3CN2C)cc1C#N. The van der Waals surface area contributed by atoms with E-state index >= 15 is 0 Å². The summed E-state index contributed by atoms with van der Waals surface area (Å²) in [6, 6.07) is 15.4. The molecule has 0 aromatic heterocycles. The normalized spacial score (nSPS) is 16.3. The summed E-state index contributed by atoms with van der Waals surface area (Å²) in [6.45, 7) is 1.44. The Morgan fingerprint density at radius 1 is 1.31 bits per heavy atom. The zero-order chi connectivity index (χ0) is 18.5. The predicted molar refractivity (Wildman–Crippen MR) is 100 cm³/mol. The molecule has 6 heteroatoms. The van der Waals surface area contributed by atoms with E-state index in [0.717, 1.165) is 13.0 Å². The predicted octanol–water partition coefficient (Wildman–Crippen LogP) is 2.75. The number of benzene rings is 2. The number of anilines is 1. The van der Waals surface area contributed by atoms with Crippen LogP contribution in [0.3, 0.4) is 0 Å². The summed E-state index contributed by atoms with van der Waals surface area (Å²) in [5.74, 6) is 0.487. The molecule has 0 bridgehead atoms. The Hall–Kier alpha value is -3.04. The van der Waals surface area contributed by atoms with Crippen LogP contribution in [-0.4, -0.2) is 37.7 Å². The second-order valence-corrected chi connectivity index (χ2v) is 6.40. The number of carbonyl (C=O) groups excluding carboxylic acids is 1. The number of nitriles is 1. The molecule has 0 aliphatic carbocycles. The van der Waals surface area contributed by atoms with Crippen LogP contribution in [0.1, 0.15) is 16.7 Å². The minimum absolute atomic E-state index is 0.251. The van der Waals surface area contributed by atoms with E-state index in [2.05, 4.69) is 52.9 Å². The molecule has 1 aliphatic heterocycles. The zero-order valence-electron chi connectivity index (χ0n) is 15.0. The van der Waals surface area contributed by atoms with Gasteiger partial charge in [-0.15, -0.1) is 0 Å². The van der Waals surface area contributed by atoms with Gasteiger partial charge in [-0.1, -0.05) is 24.3 Å². The molecule has 0 radical (unpaired) electrons. The lowest BCUT2D eigenvalue weighted by Gasteiger charge is -2.34. The van der Waals surface area contributed by atoms with Gasteiger partial charge in [0, 0.05) is 24.8 Å². The lowest BCUT2D eigenvalue weighted by atomic mass is 9.94. The highest BCUT2D eigenvalue weighted by Crippen LogP contribution is 2.22. The number of carbonyl (C=O) groups is 1. The highest BCUT2D eigenvalue weighted by atomic mass is 16.5. The van der Waals surface area contributed by atoms with E-state index in [4.69, 9.17) is 10.00 Å². The Morgan fingerprint density at radius 3 is 2.81 bits per heavy atom. The van der Waals surface area contributed by atoms with Gasteiger partial charge in [-0.3, -0.25) is 4.90 Å². The lowest BCUT2D eigenvalue weighted by molar-refractivity contribution is 0.207. The van der Waals surface area contributed by atoms with Crippen LogP contribution in [-0.2, 0) is 13.0 Å². The highest BCUT2D eigenvalue weighted by Gasteiger charge is 2.23. The zero-order valence-corrected chi connectivity index (χ0v) is 15.0. The van der Waals surface area contributed by atoms with Gasteiger partial charge in [0.25, 0.3) is 0 Å². The molecular formula is C20H22N4O2. The van der Waals surface area contributed by atoms with E-state index in [-0.39, 0.29) is 12.1 Å². The Kier molecular flexibility index (Phi) is 5.40. The minimum Gasteiger partial charge on any atom is -0.495 e. The number of hydrogen-bond donors (Lipinski definition) is 2. The summed E-state index contributed by atoms with van der Waals surface area (Å²) in [7, 11) is 3.58. The Balaban J connectivity index is 1.57. The van der Waals surface area contributed by atoms with Crippen molar-refractivity contribution in [3.8, 4) is 11.8 Å². The summed E-state index contributed by atoms with van der Waals surface area (Å²) in [5.41, 5.74) is 3.63. The number of hydrogen-bond acceptors (Lipinski definition) is 4. The molecule has 1 heterocycles. The molecule has 0 saturated carbocycles. The smallest absolute Gasteiger partial charge is 0.319 e. The van der Waals surface area contributed by atoms with Crippen LogP contribution < -0.4 is 15.4 Å². The summed E-state index contributed by atoms with van der Waals surface area (Å²) in [5, 5.41) is 14.8. The summed E-state index contributed by atoms with van der Waals surface area (Å²) >= 11 is 0. The second-order valence-electron chi connectivity index (χ2n) is 6.40. The second kappa shape index (κ2) is 7.89. The first-order chi connectivity index (χ1) is 12.6. The maximum Gasteiger partial charge on any atom is 0.319 e. The first-order valence-corrected chi connectivity index (χ1v) is 8.50. The van der Waals surface area contributed by atoms with Crippen molar-refractivity contribution in [2.45, 2.75) is 19.0 Å². The Bertz CT molecular complexity index is 844. The van der Waals surface area contributed by atoms with Gasteiger partial charge in [-0.05, 0) is 42.8 Å². The van der Waals surface area contributed by atoms with Gasteiger partial charge in [0.1, 0.15) is 11.8 Å². The van der Waals surface area contributed by atoms with Crippen LogP contribution in [0.15, 0.2) is 42.5 Å². The third-order valence-electron chi connectivity index (χ3n) is 4.69. The fourth-order valence-electron chi connectivity index (χ4n) is 3.21. The van der Waals surface area contributed by atoms with Crippen molar-refractivity contribution >= 4 is 11.7 Å². The highest BCUT2D eigenvalue weighted by molar-refractivity contribution is 5.89. The first-order valence-electron chi connectivity index (χ1n) is 8.50. The van der Waals surface area contributed by atoms with E-state index < -0.39 is 0 Å². The average molecular weight is 350 g/mol. The van der Waals surface area contributed by atoms with Gasteiger partial charge < -0.3 is 15.4 Å². The monoisotopic (exact) mass is 350 g/mol. The number of rotatable bonds is 4. The Labute approximate surface area is 153 Å². The number of methoxy groups -OCH3 is 1. The van der Waals surface area contributed by atoms with Crippen LogP contribution >= 0.6 is 0 Å². The van der Waals surface area contributed by atoms with E-state index in [1.165, 1.54) is 18.2 Å². The first kappa shape index (κ1) is 17.8. The molecule has 1 aliphatic rings. The molecule has 2 N–H and O–H groups in total. The molecular weight excluding hydrogens is 328 g/mol. The van der Waals surface area contributed by atoms with Crippen molar-refractivity contribution in [1.82, 2.24) is 10.2 Å². The quantitative estimate of drug-likeness (QED) is 0.889. The topological polar surface area (TPSA) is 77.4 Å². The third kappa shape index (κ3) is 3.95. The van der Waals surface area contributed by atoms with Crippen molar-refractivity contribution in [1.29, 1.82) is 5.26 Å². The number of ether oxygens (including phenoxy) is 1. The average Bonchev–Trinajstić information content (AvgIpc) is 2.66. The molecule has 2 aromatic carbocycles. The maximum absolute atomic E-state index is 12.2. The Morgan fingerprint density at radius 2 is 2.08 bits per heavy atom. The van der Waals surface area contributed by atoms with Crippen molar-refractivity contribution in [2.24, 2.45) is 0 Å². The number of nitrogens with zero attached hydrogens (tertiary/aromatic N) is 2. The molecule has 0 spiro atoms. The van der Waals surface area contributed by atoms with Gasteiger partial charge >= 0.3 is 6.03 Å². The number of amides is 2. The number of urea groups is 1. The molecule has 1 atom stereocenters. The standard InChI is InChI=1S/C20H22N4O2/c1-24-13-15-6-4-3-5-14(15)10-18(24)12-22-20(25)23-17-7-8-19(26-2)16(9-17)11-21/h3-9,18H,10,12-13H2,1-2H3,(H2,22,23,25)/t18-/m1/s1. The van der Waals surface area contributed by atoms with Crippen LogP contribution in [0.25, 0.3) is 0 Å². The molecule has 26 heavy (non-hydrogen) atoms. The van der Waals surface area contributed by atoms with Gasteiger partial charge in [-0.25, -0.2) is 4.79 Å². The molecule has 0 saturated heterocycles. The maximum atomic E-state index is 12.2. The lowest BCUT2D eigenvalue weighted by Crippen LogP contribution is -2.46. The van der Waals surface area contributed by atoms with Gasteiger partial charge in [-0.2, -0.15) is 5.26 Å². The van der Waals surface area contributed by atoms with Crippen molar-refractivity contribution in [3.63, 3.8) is 0 Å². The van der Waals surface area contributed by atoms with E-state index in [1.54, 1.807) is 18.2 Å². The van der Waals surface area contributed by atoms with Crippen LogP contribution in [0.5, 0.6) is 5.75 Å². The minimum atomic E-state index is -0.286. The van der Waals surface area contributed by atoms with Gasteiger partial charge in [0.05, 0.1) is 12.7 Å². The van der Waals surface area contributed by atoms with Crippen molar-refractivity contribution in [3.05, 3.63) is 59.2 Å². The molecule has 6 nitrogen and oxygen atoms in total. The summed E-state index contributed by atoms with van der Waals surface area (Å²) in [6.07, 6.45) is 0.911. The summed E-state index contributed by atoms with van der Waals surface area (Å²) < 4.78 is 5.11. The van der Waals surface area contributed by atoms with Crippen molar-refractivity contribution in [2.75, 3.05) is 26.0 Å². The molecule has 2 amide bonds. The van der Waals surface area contributed by atoms with Crippen molar-refractivity contribution < 1.29 is 9.53 Å². The molecule has 0 fully saturated rings. The van der Waals surface area contributed by atoms with Gasteiger partial charge in [0.15, 0.2) is 0 Å². The van der Waals surface area contributed by atoms with E-state index in [1.807, 2.05) is 0 Å². The van der Waals surface area contributed by atoms with Crippen LogP contribution in [0.2, 0.25) is 0 Å². The van der Waals surface area contributed by atoms with Crippen LogP contribution in [0, 0.1) is 11.3 Å². The summed E-state index contributed by atoms with van der Waals surface area (Å²) in [4.78, 5) is 14.5. The fraction of sp³-hybridized carbons (Fsp3) is 0.300. The van der Waals surface area contributed by atoms with E-state index in [9.17, 15) is 4.79 Å². The molecule has 3 rings (SSSR count).